The third-order valence-electron chi connectivity index (χ3n) is 4.99. The summed E-state index contributed by atoms with van der Waals surface area (Å²) in [6.07, 6.45) is 0.470. The number of esters is 1. The molecule has 160 valence electrons. The van der Waals surface area contributed by atoms with Crippen LogP contribution in [0.2, 0.25) is 0 Å². The van der Waals surface area contributed by atoms with Gasteiger partial charge in [0.15, 0.2) is 5.58 Å². The van der Waals surface area contributed by atoms with Gasteiger partial charge in [-0.15, -0.1) is 0 Å². The van der Waals surface area contributed by atoms with Crippen molar-refractivity contribution in [2.75, 3.05) is 6.61 Å². The number of para-hydroxylation sites is 3. The first kappa shape index (κ1) is 20.5. The smallest absolute Gasteiger partial charge is 0.419 e. The van der Waals surface area contributed by atoms with Gasteiger partial charge in [-0.25, -0.2) is 9.59 Å². The van der Waals surface area contributed by atoms with Gasteiger partial charge >= 0.3 is 11.7 Å². The molecule has 0 saturated heterocycles. The maximum atomic E-state index is 12.6. The van der Waals surface area contributed by atoms with Gasteiger partial charge in [-0.05, 0) is 44.5 Å². The lowest BCUT2D eigenvalue weighted by Gasteiger charge is -2.11. The lowest BCUT2D eigenvalue weighted by atomic mass is 10.2. The molecule has 2 aromatic carbocycles. The molecule has 0 saturated carbocycles. The van der Waals surface area contributed by atoms with Crippen LogP contribution in [0.1, 0.15) is 33.8 Å². The molecule has 8 nitrogen and oxygen atoms in total. The summed E-state index contributed by atoms with van der Waals surface area (Å²) in [6.45, 7) is 4.43. The molecule has 0 amide bonds. The Bertz CT molecular complexity index is 1250. The molecule has 0 bridgehead atoms. The predicted molar refractivity (Wildman–Crippen MR) is 112 cm³/mol. The van der Waals surface area contributed by atoms with Crippen LogP contribution in [-0.4, -0.2) is 22.3 Å². The summed E-state index contributed by atoms with van der Waals surface area (Å²) in [7, 11) is 0. The van der Waals surface area contributed by atoms with Gasteiger partial charge in [-0.2, -0.15) is 0 Å². The van der Waals surface area contributed by atoms with Crippen molar-refractivity contribution < 1.29 is 23.2 Å². The number of aromatic nitrogens is 2. The Labute approximate surface area is 178 Å². The van der Waals surface area contributed by atoms with Crippen LogP contribution in [0, 0.1) is 13.8 Å². The van der Waals surface area contributed by atoms with Gasteiger partial charge in [0.25, 0.3) is 0 Å². The Balaban J connectivity index is 1.36. The lowest BCUT2D eigenvalue weighted by Crippen LogP contribution is -2.16. The van der Waals surface area contributed by atoms with Gasteiger partial charge in [0.2, 0.25) is 0 Å². The van der Waals surface area contributed by atoms with Crippen molar-refractivity contribution >= 4 is 17.1 Å². The molecule has 0 unspecified atom stereocenters. The van der Waals surface area contributed by atoms with E-state index in [1.807, 2.05) is 32.0 Å². The van der Waals surface area contributed by atoms with E-state index in [4.69, 9.17) is 18.4 Å². The average Bonchev–Trinajstić information content (AvgIpc) is 3.27. The Kier molecular flexibility index (Phi) is 5.88. The molecule has 0 aliphatic rings. The van der Waals surface area contributed by atoms with E-state index in [2.05, 4.69) is 5.16 Å². The third kappa shape index (κ3) is 4.37. The number of rotatable bonds is 8. The molecule has 0 N–H and O–H groups in total. The van der Waals surface area contributed by atoms with Crippen molar-refractivity contribution in [2.45, 2.75) is 33.4 Å². The number of hydrogen-bond donors (Lipinski definition) is 0. The lowest BCUT2D eigenvalue weighted by molar-refractivity contribution is 0.0491. The van der Waals surface area contributed by atoms with Crippen molar-refractivity contribution in [2.24, 2.45) is 0 Å². The van der Waals surface area contributed by atoms with Gasteiger partial charge < -0.3 is 18.4 Å². The summed E-state index contributed by atoms with van der Waals surface area (Å²) < 4.78 is 23.1. The van der Waals surface area contributed by atoms with Crippen molar-refractivity contribution in [1.82, 2.24) is 9.72 Å². The Hall–Kier alpha value is -3.81. The van der Waals surface area contributed by atoms with E-state index >= 15 is 0 Å². The molecule has 0 spiro atoms. The molecule has 0 aliphatic heterocycles. The van der Waals surface area contributed by atoms with E-state index in [0.717, 1.165) is 16.8 Å². The number of carbonyl (C=O) groups is 1. The van der Waals surface area contributed by atoms with Crippen LogP contribution in [0.25, 0.3) is 11.1 Å². The summed E-state index contributed by atoms with van der Waals surface area (Å²) >= 11 is 0. The van der Waals surface area contributed by atoms with Gasteiger partial charge in [0, 0.05) is 6.54 Å². The molecule has 2 heterocycles. The first-order chi connectivity index (χ1) is 15.0. The number of hydrogen-bond acceptors (Lipinski definition) is 7. The van der Waals surface area contributed by atoms with Crippen molar-refractivity contribution in [1.29, 1.82) is 0 Å². The SMILES string of the molecule is Cc1noc(C)c1COc1ccccc1C(=O)OCCCn1c(=O)oc2ccccc21. The summed E-state index contributed by atoms with van der Waals surface area (Å²) in [5.74, 6) is 0.188. The zero-order valence-electron chi connectivity index (χ0n) is 17.3. The monoisotopic (exact) mass is 422 g/mol. The molecule has 0 radical (unpaired) electrons. The van der Waals surface area contributed by atoms with Gasteiger partial charge in [0.05, 0.1) is 23.4 Å². The summed E-state index contributed by atoms with van der Waals surface area (Å²) in [5.41, 5.74) is 3.19. The number of nitrogens with zero attached hydrogens (tertiary/aromatic N) is 2. The molecule has 0 fully saturated rings. The van der Waals surface area contributed by atoms with Gasteiger partial charge in [-0.3, -0.25) is 4.57 Å². The first-order valence-electron chi connectivity index (χ1n) is 9.93. The maximum absolute atomic E-state index is 12.6. The number of benzene rings is 2. The van der Waals surface area contributed by atoms with Crippen LogP contribution in [0.15, 0.2) is 62.3 Å². The van der Waals surface area contributed by atoms with Gasteiger partial charge in [-0.1, -0.05) is 29.4 Å². The highest BCUT2D eigenvalue weighted by molar-refractivity contribution is 5.92. The average molecular weight is 422 g/mol. The minimum Gasteiger partial charge on any atom is -0.488 e. The fraction of sp³-hybridized carbons (Fsp3) is 0.261. The maximum Gasteiger partial charge on any atom is 0.419 e. The standard InChI is InChI=1S/C23H22N2O6/c1-15-18(16(2)31-24-15)14-29-20-10-5-3-8-17(20)22(26)28-13-7-12-25-19-9-4-6-11-21(19)30-23(25)27/h3-6,8-11H,7,12-14H2,1-2H3. The van der Waals surface area contributed by atoms with Crippen LogP contribution < -0.4 is 10.5 Å². The number of carbonyl (C=O) groups excluding carboxylic acids is 1. The molecular weight excluding hydrogens is 400 g/mol. The summed E-state index contributed by atoms with van der Waals surface area (Å²) in [4.78, 5) is 24.6. The van der Waals surface area contributed by atoms with Crippen LogP contribution in [0.3, 0.4) is 0 Å². The van der Waals surface area contributed by atoms with E-state index in [-0.39, 0.29) is 13.2 Å². The predicted octanol–water partition coefficient (Wildman–Crippen LogP) is 4.03. The normalized spacial score (nSPS) is 11.0. The highest BCUT2D eigenvalue weighted by Crippen LogP contribution is 2.22. The van der Waals surface area contributed by atoms with Crippen LogP contribution in [0.4, 0.5) is 0 Å². The molecule has 8 heteroatoms. The second-order valence-corrected chi connectivity index (χ2v) is 7.06. The molecular formula is C23H22N2O6. The Morgan fingerprint density at radius 2 is 1.87 bits per heavy atom. The fourth-order valence-corrected chi connectivity index (χ4v) is 3.31. The Morgan fingerprint density at radius 1 is 1.10 bits per heavy atom. The third-order valence-corrected chi connectivity index (χ3v) is 4.99. The van der Waals surface area contributed by atoms with Crippen LogP contribution >= 0.6 is 0 Å². The van der Waals surface area contributed by atoms with Crippen molar-refractivity contribution in [3.8, 4) is 5.75 Å². The quantitative estimate of drug-likeness (QED) is 0.312. The molecule has 0 atom stereocenters. The number of ether oxygens (including phenoxy) is 2. The zero-order valence-corrected chi connectivity index (χ0v) is 17.3. The second-order valence-electron chi connectivity index (χ2n) is 7.06. The molecule has 2 aromatic heterocycles. The number of fused-ring (bicyclic) bond motifs is 1. The second kappa shape index (κ2) is 8.91. The van der Waals surface area contributed by atoms with Crippen LogP contribution in [0.5, 0.6) is 5.75 Å². The number of aryl methyl sites for hydroxylation is 3. The van der Waals surface area contributed by atoms with Crippen molar-refractivity contribution in [3.63, 3.8) is 0 Å². The van der Waals surface area contributed by atoms with E-state index in [9.17, 15) is 9.59 Å². The number of oxazole rings is 1. The van der Waals surface area contributed by atoms with E-state index in [1.54, 1.807) is 30.3 Å². The summed E-state index contributed by atoms with van der Waals surface area (Å²) in [6, 6.07) is 14.1. The van der Waals surface area contributed by atoms with E-state index < -0.39 is 11.7 Å². The Morgan fingerprint density at radius 3 is 2.68 bits per heavy atom. The molecule has 4 aromatic rings. The first-order valence-corrected chi connectivity index (χ1v) is 9.93. The summed E-state index contributed by atoms with van der Waals surface area (Å²) in [5, 5.41) is 3.90. The fourth-order valence-electron chi connectivity index (χ4n) is 3.31. The topological polar surface area (TPSA) is 96.7 Å². The minimum absolute atomic E-state index is 0.156. The zero-order chi connectivity index (χ0) is 21.8. The largest absolute Gasteiger partial charge is 0.488 e. The van der Waals surface area contributed by atoms with E-state index in [0.29, 0.717) is 35.6 Å². The van der Waals surface area contributed by atoms with E-state index in [1.165, 1.54) is 4.57 Å². The van der Waals surface area contributed by atoms with Crippen molar-refractivity contribution in [3.05, 3.63) is 81.7 Å². The highest BCUT2D eigenvalue weighted by atomic mass is 16.5. The van der Waals surface area contributed by atoms with Gasteiger partial charge in [0.1, 0.15) is 23.7 Å². The highest BCUT2D eigenvalue weighted by Gasteiger charge is 2.16. The molecule has 0 aliphatic carbocycles. The van der Waals surface area contributed by atoms with Crippen LogP contribution in [-0.2, 0) is 17.9 Å². The molecule has 4 rings (SSSR count). The molecule has 31 heavy (non-hydrogen) atoms. The minimum atomic E-state index is -0.487.